The number of ether oxygens (including phenoxy) is 4. The lowest BCUT2D eigenvalue weighted by molar-refractivity contribution is -0.162. The Morgan fingerprint density at radius 1 is 0.907 bits per heavy atom. The second-order valence-corrected chi connectivity index (χ2v) is 10.6. The minimum Gasteiger partial charge on any atom is -0.493 e. The van der Waals surface area contributed by atoms with Gasteiger partial charge in [-0.1, -0.05) is 48.5 Å². The minimum atomic E-state index is -1.09. The number of amides is 1. The Labute approximate surface area is 252 Å². The van der Waals surface area contributed by atoms with Crippen LogP contribution in [0.15, 0.2) is 72.8 Å². The van der Waals surface area contributed by atoms with Crippen molar-refractivity contribution in [3.63, 3.8) is 0 Å². The number of aliphatic carboxylic acids is 1. The molecule has 3 aromatic carbocycles. The highest BCUT2D eigenvalue weighted by molar-refractivity contribution is 5.88. The topological polar surface area (TPSA) is 112 Å². The summed E-state index contributed by atoms with van der Waals surface area (Å²) in [6, 6.07) is 21.4. The highest BCUT2D eigenvalue weighted by atomic mass is 16.5. The molecule has 1 saturated heterocycles. The number of carboxylic acid groups (broad SMARTS) is 1. The van der Waals surface area contributed by atoms with Gasteiger partial charge in [0.05, 0.1) is 20.1 Å². The number of nitrogens with zero attached hydrogens (tertiary/aromatic N) is 1. The Kier molecular flexibility index (Phi) is 11.0. The van der Waals surface area contributed by atoms with Gasteiger partial charge in [-0.05, 0) is 80.0 Å². The van der Waals surface area contributed by atoms with E-state index in [1.165, 1.54) is 0 Å². The molecule has 1 N–H and O–H groups in total. The molecule has 9 nitrogen and oxygen atoms in total. The number of carbonyl (C=O) groups excluding carboxylic acids is 2. The number of carboxylic acids is 1. The highest BCUT2D eigenvalue weighted by Gasteiger charge is 2.36. The van der Waals surface area contributed by atoms with Crippen molar-refractivity contribution in [1.29, 1.82) is 0 Å². The molecule has 0 aromatic heterocycles. The lowest BCUT2D eigenvalue weighted by atomic mass is 9.95. The van der Waals surface area contributed by atoms with E-state index in [-0.39, 0.29) is 5.91 Å². The van der Waals surface area contributed by atoms with Gasteiger partial charge in [-0.2, -0.15) is 0 Å². The molecule has 1 heterocycles. The number of likely N-dealkylation sites (tertiary alicyclic amines) is 1. The Balaban J connectivity index is 1.56. The van der Waals surface area contributed by atoms with Crippen molar-refractivity contribution in [2.24, 2.45) is 0 Å². The first-order valence-corrected chi connectivity index (χ1v) is 14.5. The van der Waals surface area contributed by atoms with Gasteiger partial charge in [0.1, 0.15) is 17.9 Å². The number of benzene rings is 3. The van der Waals surface area contributed by atoms with Crippen LogP contribution in [0.5, 0.6) is 17.2 Å². The van der Waals surface area contributed by atoms with E-state index < -0.39 is 36.6 Å². The molecule has 0 spiro atoms. The van der Waals surface area contributed by atoms with E-state index in [0.717, 1.165) is 24.0 Å². The van der Waals surface area contributed by atoms with Crippen LogP contribution in [-0.2, 0) is 25.5 Å². The lowest BCUT2D eigenvalue weighted by Gasteiger charge is -2.36. The predicted octanol–water partition coefficient (Wildman–Crippen LogP) is 5.57. The molecule has 9 heteroatoms. The molecule has 3 aromatic rings. The smallest absolute Gasteiger partial charge is 0.341 e. The van der Waals surface area contributed by atoms with Gasteiger partial charge in [0.15, 0.2) is 18.1 Å². The Bertz CT molecular complexity index is 1390. The van der Waals surface area contributed by atoms with Gasteiger partial charge < -0.3 is 29.0 Å². The highest BCUT2D eigenvalue weighted by Crippen LogP contribution is 2.32. The number of hydrogen-bond acceptors (Lipinski definition) is 7. The van der Waals surface area contributed by atoms with Crippen molar-refractivity contribution in [3.05, 3.63) is 89.5 Å². The standard InChI is InChI=1S/C34H39NO8/c1-23(25-10-5-4-6-11-25)33(38)35-19-8-7-14-28(35)34(39)43-29(26-12-9-13-27(21-26)42-22-32(36)37)17-15-24-16-18-30(40-2)31(20-24)41-3/h4-6,9-13,16,18,20-21,23,28-29H,7-8,14-15,17,19,22H2,1-3H3,(H,36,37)/t23-,28-,29?/m0/s1. The predicted molar refractivity (Wildman–Crippen MR) is 160 cm³/mol. The summed E-state index contributed by atoms with van der Waals surface area (Å²) >= 11 is 0. The molecular weight excluding hydrogens is 550 g/mol. The van der Waals surface area contributed by atoms with Crippen molar-refractivity contribution in [2.45, 2.75) is 57.1 Å². The van der Waals surface area contributed by atoms with Crippen molar-refractivity contribution >= 4 is 17.8 Å². The molecular formula is C34H39NO8. The van der Waals surface area contributed by atoms with Gasteiger partial charge in [0.25, 0.3) is 0 Å². The van der Waals surface area contributed by atoms with E-state index in [1.807, 2.05) is 61.5 Å². The van der Waals surface area contributed by atoms with Crippen LogP contribution in [0.3, 0.4) is 0 Å². The van der Waals surface area contributed by atoms with Crippen molar-refractivity contribution in [1.82, 2.24) is 4.90 Å². The second kappa shape index (κ2) is 15.1. The lowest BCUT2D eigenvalue weighted by Crippen LogP contribution is -2.50. The summed E-state index contributed by atoms with van der Waals surface area (Å²) in [5, 5.41) is 9.04. The summed E-state index contributed by atoms with van der Waals surface area (Å²) in [7, 11) is 3.15. The first kappa shape index (κ1) is 31.4. The summed E-state index contributed by atoms with van der Waals surface area (Å²) in [6.07, 6.45) is 2.48. The molecule has 228 valence electrons. The second-order valence-electron chi connectivity index (χ2n) is 10.6. The number of piperidine rings is 1. The molecule has 0 radical (unpaired) electrons. The quantitative estimate of drug-likeness (QED) is 0.258. The summed E-state index contributed by atoms with van der Waals surface area (Å²) in [6.45, 7) is 1.87. The molecule has 0 saturated carbocycles. The molecule has 1 amide bonds. The van der Waals surface area contributed by atoms with Crippen molar-refractivity contribution < 1.29 is 38.4 Å². The SMILES string of the molecule is COc1ccc(CCC(OC(=O)[C@@H]2CCCCN2C(=O)[C@@H](C)c2ccccc2)c2cccc(OCC(=O)O)c2)cc1OC. The molecule has 0 aliphatic carbocycles. The van der Waals surface area contributed by atoms with Crippen molar-refractivity contribution in [3.8, 4) is 17.2 Å². The maximum atomic E-state index is 13.8. The molecule has 1 unspecified atom stereocenters. The summed E-state index contributed by atoms with van der Waals surface area (Å²) in [5.74, 6) is -0.461. The van der Waals surface area contributed by atoms with E-state index in [1.54, 1.807) is 37.3 Å². The number of esters is 1. The zero-order chi connectivity index (χ0) is 30.8. The monoisotopic (exact) mass is 589 g/mol. The zero-order valence-corrected chi connectivity index (χ0v) is 24.9. The van der Waals surface area contributed by atoms with Crippen LogP contribution < -0.4 is 14.2 Å². The molecule has 43 heavy (non-hydrogen) atoms. The molecule has 1 aliphatic rings. The fourth-order valence-electron chi connectivity index (χ4n) is 5.37. The van der Waals surface area contributed by atoms with Crippen LogP contribution in [0.1, 0.15) is 61.3 Å². The summed E-state index contributed by atoms with van der Waals surface area (Å²) in [5.41, 5.74) is 2.53. The van der Waals surface area contributed by atoms with Gasteiger partial charge >= 0.3 is 11.9 Å². The van der Waals surface area contributed by atoms with Crippen LogP contribution in [0, 0.1) is 0 Å². The van der Waals surface area contributed by atoms with Crippen LogP contribution in [0.25, 0.3) is 0 Å². The van der Waals surface area contributed by atoms with E-state index in [2.05, 4.69) is 0 Å². The molecule has 1 aliphatic heterocycles. The third-order valence-corrected chi connectivity index (χ3v) is 7.72. The first-order valence-electron chi connectivity index (χ1n) is 14.5. The normalized spacial score (nSPS) is 16.1. The summed E-state index contributed by atoms with van der Waals surface area (Å²) < 4.78 is 22.4. The fourth-order valence-corrected chi connectivity index (χ4v) is 5.37. The maximum absolute atomic E-state index is 13.8. The third-order valence-electron chi connectivity index (χ3n) is 7.72. The van der Waals surface area contributed by atoms with Crippen LogP contribution in [-0.4, -0.2) is 61.3 Å². The largest absolute Gasteiger partial charge is 0.493 e. The maximum Gasteiger partial charge on any atom is 0.341 e. The van der Waals surface area contributed by atoms with E-state index in [9.17, 15) is 14.4 Å². The average molecular weight is 590 g/mol. The van der Waals surface area contributed by atoms with E-state index >= 15 is 0 Å². The van der Waals surface area contributed by atoms with E-state index in [0.29, 0.717) is 48.6 Å². The summed E-state index contributed by atoms with van der Waals surface area (Å²) in [4.78, 5) is 40.1. The van der Waals surface area contributed by atoms with Crippen LogP contribution >= 0.6 is 0 Å². The molecule has 4 rings (SSSR count). The van der Waals surface area contributed by atoms with Gasteiger partial charge in [-0.3, -0.25) is 4.79 Å². The average Bonchev–Trinajstić information content (AvgIpc) is 3.05. The molecule has 1 fully saturated rings. The third kappa shape index (κ3) is 8.28. The van der Waals surface area contributed by atoms with Gasteiger partial charge in [-0.25, -0.2) is 9.59 Å². The first-order chi connectivity index (χ1) is 20.8. The van der Waals surface area contributed by atoms with Crippen LogP contribution in [0.4, 0.5) is 0 Å². The fraction of sp³-hybridized carbons (Fsp3) is 0.382. The van der Waals surface area contributed by atoms with E-state index in [4.69, 9.17) is 24.1 Å². The van der Waals surface area contributed by atoms with Gasteiger partial charge in [-0.15, -0.1) is 0 Å². The van der Waals surface area contributed by atoms with Gasteiger partial charge in [0, 0.05) is 6.54 Å². The molecule has 0 bridgehead atoms. The van der Waals surface area contributed by atoms with Crippen molar-refractivity contribution in [2.75, 3.05) is 27.4 Å². The minimum absolute atomic E-state index is 0.0983. The Morgan fingerprint density at radius 2 is 1.65 bits per heavy atom. The Morgan fingerprint density at radius 3 is 2.37 bits per heavy atom. The number of methoxy groups -OCH3 is 2. The molecule has 3 atom stereocenters. The number of carbonyl (C=O) groups is 3. The number of rotatable bonds is 13. The number of hydrogen-bond donors (Lipinski definition) is 1. The van der Waals surface area contributed by atoms with Crippen LogP contribution in [0.2, 0.25) is 0 Å². The van der Waals surface area contributed by atoms with Gasteiger partial charge in [0.2, 0.25) is 5.91 Å². The Hall–Kier alpha value is -4.53. The zero-order valence-electron chi connectivity index (χ0n) is 24.9. The number of aryl methyl sites for hydroxylation is 1.